The third kappa shape index (κ3) is 4.70. The number of hydrogen-bond donors (Lipinski definition) is 3. The molecule has 0 amide bonds. The van der Waals surface area contributed by atoms with Gasteiger partial charge in [-0.1, -0.05) is 26.2 Å². The van der Waals surface area contributed by atoms with Gasteiger partial charge in [-0.2, -0.15) is 0 Å². The van der Waals surface area contributed by atoms with E-state index in [1.54, 1.807) is 6.07 Å². The van der Waals surface area contributed by atoms with Crippen LogP contribution in [0.4, 0.5) is 5.69 Å². The molecule has 0 heterocycles. The molecule has 6 nitrogen and oxygen atoms in total. The molecule has 24 heavy (non-hydrogen) atoms. The zero-order chi connectivity index (χ0) is 17.7. The van der Waals surface area contributed by atoms with Crippen LogP contribution in [0.15, 0.2) is 23.1 Å². The predicted molar refractivity (Wildman–Crippen MR) is 94.0 cm³/mol. The number of carboxylic acids is 1. The molecule has 0 aromatic heterocycles. The molecular formula is C17H26N2O4S. The second kappa shape index (κ2) is 7.98. The van der Waals surface area contributed by atoms with E-state index in [0.29, 0.717) is 5.69 Å². The van der Waals surface area contributed by atoms with E-state index in [0.717, 1.165) is 38.5 Å². The summed E-state index contributed by atoms with van der Waals surface area (Å²) in [6, 6.07) is 4.24. The first-order chi connectivity index (χ1) is 11.3. The number of benzene rings is 1. The van der Waals surface area contributed by atoms with Crippen molar-refractivity contribution in [2.24, 2.45) is 0 Å². The maximum absolute atomic E-state index is 12.8. The van der Waals surface area contributed by atoms with E-state index in [1.165, 1.54) is 12.1 Å². The highest BCUT2D eigenvalue weighted by Gasteiger charge is 2.26. The minimum atomic E-state index is -3.77. The van der Waals surface area contributed by atoms with Crippen LogP contribution in [0.25, 0.3) is 0 Å². The first kappa shape index (κ1) is 18.7. The van der Waals surface area contributed by atoms with E-state index in [4.69, 9.17) is 0 Å². The summed E-state index contributed by atoms with van der Waals surface area (Å²) in [5.74, 6) is -1.14. The van der Waals surface area contributed by atoms with Gasteiger partial charge in [-0.15, -0.1) is 0 Å². The molecule has 0 saturated heterocycles. The summed E-state index contributed by atoms with van der Waals surface area (Å²) >= 11 is 0. The Balaban J connectivity index is 2.35. The minimum absolute atomic E-state index is 0.0113. The van der Waals surface area contributed by atoms with Gasteiger partial charge in [-0.05, 0) is 44.4 Å². The second-order valence-electron chi connectivity index (χ2n) is 6.45. The molecule has 1 aromatic carbocycles. The summed E-state index contributed by atoms with van der Waals surface area (Å²) in [6.07, 6.45) is 5.56. The van der Waals surface area contributed by atoms with Gasteiger partial charge >= 0.3 is 5.97 Å². The summed E-state index contributed by atoms with van der Waals surface area (Å²) in [5, 5.41) is 12.4. The van der Waals surface area contributed by atoms with Crippen LogP contribution in [0.1, 0.15) is 62.7 Å². The Kier molecular flexibility index (Phi) is 6.23. The Bertz CT molecular complexity index is 682. The lowest BCUT2D eigenvalue weighted by Crippen LogP contribution is -2.33. The van der Waals surface area contributed by atoms with Crippen LogP contribution in [-0.2, 0) is 10.0 Å². The lowest BCUT2D eigenvalue weighted by Gasteiger charge is -2.20. The highest BCUT2D eigenvalue weighted by atomic mass is 32.2. The summed E-state index contributed by atoms with van der Waals surface area (Å²) in [6.45, 7) is 4.04. The molecule has 7 heteroatoms. The number of carboxylic acid groups (broad SMARTS) is 1. The van der Waals surface area contributed by atoms with Crippen LogP contribution in [0.3, 0.4) is 0 Å². The third-order valence-electron chi connectivity index (χ3n) is 4.32. The standard InChI is InChI=1S/C17H26N2O4S/c1-3-6-12(2)18-15-10-9-13(17(20)21)11-16(15)24(22,23)19-14-7-4-5-8-14/h9-12,14,18-19H,3-8H2,1-2H3,(H,20,21)/t12-/m0/s1. The molecule has 1 saturated carbocycles. The average Bonchev–Trinajstić information content (AvgIpc) is 2.99. The summed E-state index contributed by atoms with van der Waals surface area (Å²) in [7, 11) is -3.77. The first-order valence-corrected chi connectivity index (χ1v) is 9.98. The molecule has 1 fully saturated rings. The number of nitrogens with one attached hydrogen (secondary N) is 2. The highest BCUT2D eigenvalue weighted by Crippen LogP contribution is 2.27. The van der Waals surface area contributed by atoms with Gasteiger partial charge in [-0.25, -0.2) is 17.9 Å². The van der Waals surface area contributed by atoms with E-state index in [9.17, 15) is 18.3 Å². The van der Waals surface area contributed by atoms with E-state index in [1.807, 2.05) is 6.92 Å². The van der Waals surface area contributed by atoms with Gasteiger partial charge in [0.15, 0.2) is 0 Å². The van der Waals surface area contributed by atoms with Crippen LogP contribution >= 0.6 is 0 Å². The van der Waals surface area contributed by atoms with Crippen LogP contribution in [-0.4, -0.2) is 31.6 Å². The largest absolute Gasteiger partial charge is 0.478 e. The monoisotopic (exact) mass is 354 g/mol. The zero-order valence-electron chi connectivity index (χ0n) is 14.2. The fraction of sp³-hybridized carbons (Fsp3) is 0.588. The molecule has 0 aliphatic heterocycles. The number of aromatic carboxylic acids is 1. The predicted octanol–water partition coefficient (Wildman–Crippen LogP) is 3.21. The lowest BCUT2D eigenvalue weighted by molar-refractivity contribution is 0.0696. The van der Waals surface area contributed by atoms with Crippen molar-refractivity contribution in [3.8, 4) is 0 Å². The van der Waals surface area contributed by atoms with Crippen LogP contribution < -0.4 is 10.0 Å². The number of anilines is 1. The Morgan fingerprint density at radius 3 is 2.58 bits per heavy atom. The van der Waals surface area contributed by atoms with E-state index in [-0.39, 0.29) is 22.5 Å². The summed E-state index contributed by atoms with van der Waals surface area (Å²) in [4.78, 5) is 11.2. The number of sulfonamides is 1. The molecule has 2 rings (SSSR count). The fourth-order valence-electron chi connectivity index (χ4n) is 3.09. The average molecular weight is 354 g/mol. The van der Waals surface area contributed by atoms with Crippen molar-refractivity contribution in [3.63, 3.8) is 0 Å². The molecule has 0 unspecified atom stereocenters. The summed E-state index contributed by atoms with van der Waals surface area (Å²) < 4.78 is 28.3. The van der Waals surface area contributed by atoms with Crippen molar-refractivity contribution < 1.29 is 18.3 Å². The second-order valence-corrected chi connectivity index (χ2v) is 8.14. The van der Waals surface area contributed by atoms with Gasteiger partial charge in [0, 0.05) is 12.1 Å². The van der Waals surface area contributed by atoms with Gasteiger partial charge < -0.3 is 10.4 Å². The van der Waals surface area contributed by atoms with Crippen LogP contribution in [0.2, 0.25) is 0 Å². The zero-order valence-corrected chi connectivity index (χ0v) is 15.0. The summed E-state index contributed by atoms with van der Waals surface area (Å²) in [5.41, 5.74) is 0.418. The van der Waals surface area contributed by atoms with E-state index >= 15 is 0 Å². The van der Waals surface area contributed by atoms with Crippen molar-refractivity contribution in [1.29, 1.82) is 0 Å². The molecule has 1 aliphatic rings. The molecule has 1 aromatic rings. The Morgan fingerprint density at radius 1 is 1.33 bits per heavy atom. The lowest BCUT2D eigenvalue weighted by atomic mass is 10.1. The molecular weight excluding hydrogens is 328 g/mol. The molecule has 1 aliphatic carbocycles. The van der Waals surface area contributed by atoms with Crippen LogP contribution in [0.5, 0.6) is 0 Å². The van der Waals surface area contributed by atoms with Gasteiger partial charge in [-0.3, -0.25) is 0 Å². The molecule has 3 N–H and O–H groups in total. The smallest absolute Gasteiger partial charge is 0.335 e. The number of hydrogen-bond acceptors (Lipinski definition) is 4. The Labute approximate surface area is 143 Å². The normalized spacial score (nSPS) is 16.9. The van der Waals surface area contributed by atoms with Crippen molar-refractivity contribution >= 4 is 21.7 Å². The van der Waals surface area contributed by atoms with Crippen LogP contribution in [0, 0.1) is 0 Å². The van der Waals surface area contributed by atoms with Gasteiger partial charge in [0.1, 0.15) is 4.90 Å². The maximum atomic E-state index is 12.8. The Hall–Kier alpha value is -1.60. The van der Waals surface area contributed by atoms with Gasteiger partial charge in [0.25, 0.3) is 0 Å². The van der Waals surface area contributed by atoms with Crippen molar-refractivity contribution in [2.45, 2.75) is 69.4 Å². The first-order valence-electron chi connectivity index (χ1n) is 8.49. The van der Waals surface area contributed by atoms with Crippen molar-refractivity contribution in [3.05, 3.63) is 23.8 Å². The molecule has 1 atom stereocenters. The minimum Gasteiger partial charge on any atom is -0.478 e. The van der Waals surface area contributed by atoms with E-state index in [2.05, 4.69) is 17.0 Å². The Morgan fingerprint density at radius 2 is 2.00 bits per heavy atom. The number of carbonyl (C=O) groups is 1. The third-order valence-corrected chi connectivity index (χ3v) is 5.88. The maximum Gasteiger partial charge on any atom is 0.335 e. The highest BCUT2D eigenvalue weighted by molar-refractivity contribution is 7.89. The molecule has 0 bridgehead atoms. The quantitative estimate of drug-likeness (QED) is 0.666. The topological polar surface area (TPSA) is 95.5 Å². The fourth-order valence-corrected chi connectivity index (χ4v) is 4.59. The van der Waals surface area contributed by atoms with E-state index < -0.39 is 16.0 Å². The molecule has 0 radical (unpaired) electrons. The van der Waals surface area contributed by atoms with Crippen molar-refractivity contribution in [2.75, 3.05) is 5.32 Å². The number of rotatable bonds is 8. The van der Waals surface area contributed by atoms with Gasteiger partial charge in [0.2, 0.25) is 10.0 Å². The molecule has 134 valence electrons. The van der Waals surface area contributed by atoms with Gasteiger partial charge in [0.05, 0.1) is 11.3 Å². The van der Waals surface area contributed by atoms with Crippen molar-refractivity contribution in [1.82, 2.24) is 4.72 Å². The molecule has 0 spiro atoms. The SMILES string of the molecule is CCC[C@H](C)Nc1ccc(C(=O)O)cc1S(=O)(=O)NC1CCCC1.